The molecular weight excluding hydrogens is 256 g/mol. The third-order valence-electron chi connectivity index (χ3n) is 3.61. The average Bonchev–Trinajstić information content (AvgIpc) is 2.90. The van der Waals surface area contributed by atoms with E-state index in [4.69, 9.17) is 4.74 Å². The lowest BCUT2D eigenvalue weighted by atomic mass is 10.0. The van der Waals surface area contributed by atoms with Crippen LogP contribution in [-0.2, 0) is 16.0 Å². The molecule has 5 nitrogen and oxygen atoms in total. The lowest BCUT2D eigenvalue weighted by molar-refractivity contribution is -0.120. The second kappa shape index (κ2) is 6.72. The number of hydrogen-bond acceptors (Lipinski definition) is 4. The fourth-order valence-electron chi connectivity index (χ4n) is 2.40. The van der Waals surface area contributed by atoms with Gasteiger partial charge in [0.1, 0.15) is 5.75 Å². The topological polar surface area (TPSA) is 70.6 Å². The summed E-state index contributed by atoms with van der Waals surface area (Å²) in [6.45, 7) is 5.80. The number of hydrogen-bond donors (Lipinski definition) is 3. The van der Waals surface area contributed by atoms with Crippen molar-refractivity contribution in [3.8, 4) is 5.75 Å². The van der Waals surface area contributed by atoms with Gasteiger partial charge in [-0.2, -0.15) is 0 Å². The van der Waals surface area contributed by atoms with E-state index in [1.165, 1.54) is 0 Å². The predicted octanol–water partition coefficient (Wildman–Crippen LogP) is 1.52. The van der Waals surface area contributed by atoms with Crippen molar-refractivity contribution < 1.29 is 14.6 Å². The summed E-state index contributed by atoms with van der Waals surface area (Å²) < 4.78 is 5.37. The van der Waals surface area contributed by atoms with Crippen molar-refractivity contribution in [2.45, 2.75) is 26.3 Å². The zero-order valence-electron chi connectivity index (χ0n) is 12.0. The van der Waals surface area contributed by atoms with E-state index in [-0.39, 0.29) is 23.6 Å². The number of amides is 1. The number of likely N-dealkylation sites (N-methyl/N-ethyl adjacent to an activating group) is 1. The average molecular weight is 278 g/mol. The van der Waals surface area contributed by atoms with Gasteiger partial charge >= 0.3 is 0 Å². The molecule has 1 aliphatic heterocycles. The van der Waals surface area contributed by atoms with E-state index in [0.717, 1.165) is 18.5 Å². The van der Waals surface area contributed by atoms with Crippen molar-refractivity contribution in [1.29, 1.82) is 0 Å². The number of aromatic hydroxyl groups is 1. The highest BCUT2D eigenvalue weighted by molar-refractivity contribution is 5.94. The molecule has 1 amide bonds. The molecule has 0 bridgehead atoms. The maximum Gasteiger partial charge on any atom is 0.231 e. The fourth-order valence-corrected chi connectivity index (χ4v) is 2.40. The molecule has 0 aromatic heterocycles. The predicted molar refractivity (Wildman–Crippen MR) is 77.9 cm³/mol. The standard InChI is InChI=1S/C15H22N2O3/c1-3-10-5-6-14(18)12(7-10)17-15(19)11-8-20-9-13(11)16-4-2/h5-7,11,13,16,18H,3-4,8-9H2,1-2H3,(H,17,19). The number of phenols is 1. The molecule has 0 radical (unpaired) electrons. The molecule has 20 heavy (non-hydrogen) atoms. The van der Waals surface area contributed by atoms with Crippen LogP contribution in [0.1, 0.15) is 19.4 Å². The van der Waals surface area contributed by atoms with Gasteiger partial charge in [-0.1, -0.05) is 19.9 Å². The van der Waals surface area contributed by atoms with Gasteiger partial charge in [-0.3, -0.25) is 4.79 Å². The third kappa shape index (κ3) is 3.29. The normalized spacial score (nSPS) is 21.9. The Bertz CT molecular complexity index is 476. The molecule has 1 fully saturated rings. The maximum atomic E-state index is 12.3. The van der Waals surface area contributed by atoms with Gasteiger partial charge in [-0.15, -0.1) is 0 Å². The zero-order valence-corrected chi connectivity index (χ0v) is 12.0. The number of benzene rings is 1. The molecule has 5 heteroatoms. The molecule has 1 aromatic carbocycles. The number of carbonyl (C=O) groups excluding carboxylic acids is 1. The molecule has 1 saturated heterocycles. The third-order valence-corrected chi connectivity index (χ3v) is 3.61. The molecule has 0 spiro atoms. The van der Waals surface area contributed by atoms with E-state index in [9.17, 15) is 9.90 Å². The number of carbonyl (C=O) groups is 1. The summed E-state index contributed by atoms with van der Waals surface area (Å²) in [6, 6.07) is 5.31. The minimum absolute atomic E-state index is 0.0384. The second-order valence-electron chi connectivity index (χ2n) is 5.00. The smallest absolute Gasteiger partial charge is 0.231 e. The van der Waals surface area contributed by atoms with Crippen LogP contribution in [0.25, 0.3) is 0 Å². The Hall–Kier alpha value is -1.59. The van der Waals surface area contributed by atoms with Crippen LogP contribution in [0.3, 0.4) is 0 Å². The molecule has 1 aliphatic rings. The number of ether oxygens (including phenoxy) is 1. The van der Waals surface area contributed by atoms with Gasteiger partial charge < -0.3 is 20.5 Å². The van der Waals surface area contributed by atoms with E-state index in [1.54, 1.807) is 6.07 Å². The van der Waals surface area contributed by atoms with Crippen LogP contribution in [0.4, 0.5) is 5.69 Å². The van der Waals surface area contributed by atoms with Crippen LogP contribution in [0.2, 0.25) is 0 Å². The molecule has 2 rings (SSSR count). The largest absolute Gasteiger partial charge is 0.506 e. The molecule has 3 N–H and O–H groups in total. The molecule has 110 valence electrons. The zero-order chi connectivity index (χ0) is 14.5. The summed E-state index contributed by atoms with van der Waals surface area (Å²) in [5, 5.41) is 15.9. The highest BCUT2D eigenvalue weighted by Gasteiger charge is 2.33. The summed E-state index contributed by atoms with van der Waals surface area (Å²) in [6.07, 6.45) is 0.857. The first-order valence-electron chi connectivity index (χ1n) is 7.09. The highest BCUT2D eigenvalue weighted by Crippen LogP contribution is 2.26. The Kier molecular flexibility index (Phi) is 4.98. The number of rotatable bonds is 5. The first-order chi connectivity index (χ1) is 9.65. The number of aryl methyl sites for hydroxylation is 1. The minimum atomic E-state index is -0.223. The summed E-state index contributed by atoms with van der Waals surface area (Å²) in [7, 11) is 0. The molecule has 2 atom stereocenters. The summed E-state index contributed by atoms with van der Waals surface area (Å²) in [4.78, 5) is 12.3. The van der Waals surface area contributed by atoms with E-state index < -0.39 is 0 Å². The van der Waals surface area contributed by atoms with Crippen LogP contribution in [-0.4, -0.2) is 36.8 Å². The van der Waals surface area contributed by atoms with Crippen LogP contribution >= 0.6 is 0 Å². The molecule has 1 heterocycles. The minimum Gasteiger partial charge on any atom is -0.506 e. The van der Waals surface area contributed by atoms with Gasteiger partial charge in [0.05, 0.1) is 24.8 Å². The van der Waals surface area contributed by atoms with E-state index in [1.807, 2.05) is 26.0 Å². The molecule has 2 unspecified atom stereocenters. The van der Waals surface area contributed by atoms with Gasteiger partial charge in [0.25, 0.3) is 0 Å². The molecule has 0 saturated carbocycles. The van der Waals surface area contributed by atoms with E-state index in [0.29, 0.717) is 18.9 Å². The van der Waals surface area contributed by atoms with Crippen molar-refractivity contribution in [3.05, 3.63) is 23.8 Å². The van der Waals surface area contributed by atoms with Crippen molar-refractivity contribution in [3.63, 3.8) is 0 Å². The number of phenolic OH excluding ortho intramolecular Hbond substituents is 1. The lowest BCUT2D eigenvalue weighted by Gasteiger charge is -2.18. The van der Waals surface area contributed by atoms with Crippen molar-refractivity contribution in [2.75, 3.05) is 25.1 Å². The van der Waals surface area contributed by atoms with E-state index in [2.05, 4.69) is 10.6 Å². The summed E-state index contributed by atoms with van der Waals surface area (Å²) in [5.74, 6) is -0.244. The quantitative estimate of drug-likeness (QED) is 0.714. The van der Waals surface area contributed by atoms with Crippen LogP contribution in [0.5, 0.6) is 5.75 Å². The molecule has 1 aromatic rings. The summed E-state index contributed by atoms with van der Waals surface area (Å²) in [5.41, 5.74) is 1.54. The Morgan fingerprint density at radius 2 is 2.20 bits per heavy atom. The maximum absolute atomic E-state index is 12.3. The van der Waals surface area contributed by atoms with E-state index >= 15 is 0 Å². The molecule has 0 aliphatic carbocycles. The van der Waals surface area contributed by atoms with Crippen LogP contribution in [0, 0.1) is 5.92 Å². The van der Waals surface area contributed by atoms with Crippen molar-refractivity contribution in [2.24, 2.45) is 5.92 Å². The van der Waals surface area contributed by atoms with Gasteiger partial charge in [0.2, 0.25) is 5.91 Å². The number of nitrogens with one attached hydrogen (secondary N) is 2. The van der Waals surface area contributed by atoms with Crippen molar-refractivity contribution >= 4 is 11.6 Å². The van der Waals surface area contributed by atoms with Crippen molar-refractivity contribution in [1.82, 2.24) is 5.32 Å². The monoisotopic (exact) mass is 278 g/mol. The Morgan fingerprint density at radius 3 is 2.90 bits per heavy atom. The Balaban J connectivity index is 2.07. The first kappa shape index (κ1) is 14.8. The summed E-state index contributed by atoms with van der Waals surface area (Å²) >= 11 is 0. The highest BCUT2D eigenvalue weighted by atomic mass is 16.5. The van der Waals surface area contributed by atoms with Gasteiger partial charge in [-0.05, 0) is 30.7 Å². The fraction of sp³-hybridized carbons (Fsp3) is 0.533. The first-order valence-corrected chi connectivity index (χ1v) is 7.09. The number of anilines is 1. The Morgan fingerprint density at radius 1 is 1.40 bits per heavy atom. The van der Waals surface area contributed by atoms with Crippen LogP contribution < -0.4 is 10.6 Å². The lowest BCUT2D eigenvalue weighted by Crippen LogP contribution is -2.41. The van der Waals surface area contributed by atoms with Gasteiger partial charge in [0, 0.05) is 6.04 Å². The SMILES string of the molecule is CCNC1COCC1C(=O)Nc1cc(CC)ccc1O. The second-order valence-corrected chi connectivity index (χ2v) is 5.00. The van der Waals surface area contributed by atoms with Gasteiger partial charge in [-0.25, -0.2) is 0 Å². The van der Waals surface area contributed by atoms with Gasteiger partial charge in [0.15, 0.2) is 0 Å². The Labute approximate surface area is 119 Å². The van der Waals surface area contributed by atoms with Crippen LogP contribution in [0.15, 0.2) is 18.2 Å². The molecular formula is C15H22N2O3.